The number of pyridine rings is 1. The smallest absolute Gasteiger partial charge is 0.191 e. The molecule has 0 aliphatic heterocycles. The Morgan fingerprint density at radius 2 is 1.92 bits per heavy atom. The topological polar surface area (TPSA) is 67.8 Å². The Balaban J connectivity index is 0.00000312. The Kier molecular flexibility index (Phi) is 10.4. The first kappa shape index (κ1) is 21.0. The summed E-state index contributed by atoms with van der Waals surface area (Å²) in [6.07, 6.45) is 4.27. The monoisotopic (exact) mass is 456 g/mol. The largest absolute Gasteiger partial charge is 0.496 e. The van der Waals surface area contributed by atoms with E-state index >= 15 is 0 Å². The van der Waals surface area contributed by atoms with Gasteiger partial charge in [0.25, 0.3) is 0 Å². The quantitative estimate of drug-likeness (QED) is 0.277. The molecular weight excluding hydrogens is 431 g/mol. The SMILES string of the molecule is CN=C(NCCOc1cccnc1)NCCc1ccccc1OC.I. The number of methoxy groups -OCH3 is 1. The van der Waals surface area contributed by atoms with Gasteiger partial charge in [-0.15, -0.1) is 24.0 Å². The highest BCUT2D eigenvalue weighted by molar-refractivity contribution is 14.0. The predicted molar refractivity (Wildman–Crippen MR) is 111 cm³/mol. The van der Waals surface area contributed by atoms with Crippen molar-refractivity contribution in [1.29, 1.82) is 0 Å². The third-order valence-corrected chi connectivity index (χ3v) is 3.40. The molecule has 0 amide bonds. The highest BCUT2D eigenvalue weighted by Crippen LogP contribution is 2.17. The van der Waals surface area contributed by atoms with Gasteiger partial charge in [-0.2, -0.15) is 0 Å². The van der Waals surface area contributed by atoms with E-state index in [4.69, 9.17) is 9.47 Å². The zero-order valence-electron chi connectivity index (χ0n) is 14.6. The van der Waals surface area contributed by atoms with Gasteiger partial charge in [0.05, 0.1) is 19.9 Å². The summed E-state index contributed by atoms with van der Waals surface area (Å²) in [7, 11) is 3.44. The summed E-state index contributed by atoms with van der Waals surface area (Å²) in [6.45, 7) is 1.96. The van der Waals surface area contributed by atoms with Crippen LogP contribution >= 0.6 is 24.0 Å². The van der Waals surface area contributed by atoms with Gasteiger partial charge in [-0.05, 0) is 30.2 Å². The standard InChI is InChI=1S/C18H24N4O2.HI/c1-19-18(22-12-13-24-16-7-5-10-20-14-16)21-11-9-15-6-3-4-8-17(15)23-2;/h3-8,10,14H,9,11-13H2,1-2H3,(H2,19,21,22);1H. The number of benzene rings is 1. The minimum Gasteiger partial charge on any atom is -0.496 e. The van der Waals surface area contributed by atoms with Crippen molar-refractivity contribution in [2.75, 3.05) is 33.9 Å². The molecule has 2 N–H and O–H groups in total. The second-order valence-electron chi connectivity index (χ2n) is 5.02. The van der Waals surface area contributed by atoms with Crippen molar-refractivity contribution in [3.63, 3.8) is 0 Å². The Bertz CT molecular complexity index is 638. The van der Waals surface area contributed by atoms with E-state index in [1.165, 1.54) is 5.56 Å². The van der Waals surface area contributed by atoms with Crippen molar-refractivity contribution in [3.05, 3.63) is 54.4 Å². The molecule has 2 rings (SSSR count). The second-order valence-corrected chi connectivity index (χ2v) is 5.02. The van der Waals surface area contributed by atoms with Crippen LogP contribution in [0, 0.1) is 0 Å². The minimum absolute atomic E-state index is 0. The average molecular weight is 456 g/mol. The van der Waals surface area contributed by atoms with Gasteiger partial charge in [-0.25, -0.2) is 0 Å². The van der Waals surface area contributed by atoms with E-state index in [9.17, 15) is 0 Å². The lowest BCUT2D eigenvalue weighted by atomic mass is 10.1. The average Bonchev–Trinajstić information content (AvgIpc) is 2.65. The fourth-order valence-electron chi connectivity index (χ4n) is 2.22. The first-order valence-corrected chi connectivity index (χ1v) is 7.92. The van der Waals surface area contributed by atoms with Crippen LogP contribution in [0.15, 0.2) is 53.8 Å². The third kappa shape index (κ3) is 7.59. The normalized spacial score (nSPS) is 10.6. The molecule has 1 aromatic heterocycles. The molecule has 0 radical (unpaired) electrons. The summed E-state index contributed by atoms with van der Waals surface area (Å²) in [4.78, 5) is 8.21. The molecule has 2 aromatic rings. The van der Waals surface area contributed by atoms with Crippen molar-refractivity contribution >= 4 is 29.9 Å². The predicted octanol–water partition coefficient (Wildman–Crippen LogP) is 2.49. The molecule has 136 valence electrons. The van der Waals surface area contributed by atoms with Crippen molar-refractivity contribution in [2.24, 2.45) is 4.99 Å². The van der Waals surface area contributed by atoms with Crippen LogP contribution in [-0.4, -0.2) is 44.8 Å². The third-order valence-electron chi connectivity index (χ3n) is 3.40. The highest BCUT2D eigenvalue weighted by Gasteiger charge is 2.02. The zero-order chi connectivity index (χ0) is 17.0. The molecule has 6 nitrogen and oxygen atoms in total. The van der Waals surface area contributed by atoms with Gasteiger partial charge >= 0.3 is 0 Å². The molecule has 0 saturated carbocycles. The van der Waals surface area contributed by atoms with Crippen molar-refractivity contribution < 1.29 is 9.47 Å². The van der Waals surface area contributed by atoms with Gasteiger partial charge in [0.2, 0.25) is 0 Å². The number of nitrogens with one attached hydrogen (secondary N) is 2. The molecule has 0 atom stereocenters. The van der Waals surface area contributed by atoms with Crippen LogP contribution in [0.2, 0.25) is 0 Å². The van der Waals surface area contributed by atoms with Gasteiger partial charge in [0, 0.05) is 19.8 Å². The molecule has 1 aromatic carbocycles. The maximum Gasteiger partial charge on any atom is 0.191 e. The summed E-state index contributed by atoms with van der Waals surface area (Å²) in [5, 5.41) is 6.50. The number of guanidine groups is 1. The number of hydrogen-bond acceptors (Lipinski definition) is 4. The van der Waals surface area contributed by atoms with Gasteiger partial charge in [0.15, 0.2) is 5.96 Å². The number of rotatable bonds is 8. The van der Waals surface area contributed by atoms with E-state index in [0.29, 0.717) is 13.2 Å². The summed E-state index contributed by atoms with van der Waals surface area (Å²) >= 11 is 0. The molecule has 0 fully saturated rings. The number of hydrogen-bond donors (Lipinski definition) is 2. The van der Waals surface area contributed by atoms with Crippen LogP contribution in [0.4, 0.5) is 0 Å². The minimum atomic E-state index is 0. The number of nitrogens with zero attached hydrogens (tertiary/aromatic N) is 2. The maximum atomic E-state index is 5.58. The summed E-state index contributed by atoms with van der Waals surface area (Å²) in [5.74, 6) is 2.42. The molecular formula is C18H25IN4O2. The van der Waals surface area contributed by atoms with E-state index in [-0.39, 0.29) is 24.0 Å². The first-order valence-electron chi connectivity index (χ1n) is 7.92. The summed E-state index contributed by atoms with van der Waals surface area (Å²) in [5.41, 5.74) is 1.17. The molecule has 0 unspecified atom stereocenters. The second kappa shape index (κ2) is 12.3. The van der Waals surface area contributed by atoms with E-state index in [1.807, 2.05) is 30.3 Å². The Morgan fingerprint density at radius 3 is 2.64 bits per heavy atom. The van der Waals surface area contributed by atoms with Crippen molar-refractivity contribution in [2.45, 2.75) is 6.42 Å². The lowest BCUT2D eigenvalue weighted by molar-refractivity contribution is 0.320. The maximum absolute atomic E-state index is 5.58. The number of ether oxygens (including phenoxy) is 2. The summed E-state index contributed by atoms with van der Waals surface area (Å²) in [6, 6.07) is 11.8. The number of para-hydroxylation sites is 1. The molecule has 0 spiro atoms. The van der Waals surface area contributed by atoms with E-state index in [1.54, 1.807) is 26.6 Å². The number of aliphatic imine (C=N–C) groups is 1. The van der Waals surface area contributed by atoms with Crippen LogP contribution in [-0.2, 0) is 6.42 Å². The molecule has 0 bridgehead atoms. The fourth-order valence-corrected chi connectivity index (χ4v) is 2.22. The van der Waals surface area contributed by atoms with Crippen LogP contribution in [0.25, 0.3) is 0 Å². The molecule has 25 heavy (non-hydrogen) atoms. The van der Waals surface area contributed by atoms with Gasteiger partial charge in [-0.3, -0.25) is 9.98 Å². The molecule has 7 heteroatoms. The summed E-state index contributed by atoms with van der Waals surface area (Å²) < 4.78 is 10.9. The molecule has 0 saturated heterocycles. The fraction of sp³-hybridized carbons (Fsp3) is 0.333. The van der Waals surface area contributed by atoms with Crippen LogP contribution < -0.4 is 20.1 Å². The van der Waals surface area contributed by atoms with E-state index in [0.717, 1.165) is 30.4 Å². The van der Waals surface area contributed by atoms with Crippen LogP contribution in [0.5, 0.6) is 11.5 Å². The zero-order valence-corrected chi connectivity index (χ0v) is 16.9. The van der Waals surface area contributed by atoms with Gasteiger partial charge in [0.1, 0.15) is 18.1 Å². The van der Waals surface area contributed by atoms with E-state index < -0.39 is 0 Å². The van der Waals surface area contributed by atoms with Gasteiger partial charge < -0.3 is 20.1 Å². The Labute approximate surface area is 166 Å². The first-order chi connectivity index (χ1) is 11.8. The molecule has 0 aliphatic rings. The van der Waals surface area contributed by atoms with Gasteiger partial charge in [-0.1, -0.05) is 18.2 Å². The van der Waals surface area contributed by atoms with Crippen LogP contribution in [0.3, 0.4) is 0 Å². The Morgan fingerprint density at radius 1 is 1.12 bits per heavy atom. The molecule has 1 heterocycles. The lowest BCUT2D eigenvalue weighted by Crippen LogP contribution is -2.40. The molecule has 0 aliphatic carbocycles. The van der Waals surface area contributed by atoms with Crippen LogP contribution in [0.1, 0.15) is 5.56 Å². The lowest BCUT2D eigenvalue weighted by Gasteiger charge is -2.13. The van der Waals surface area contributed by atoms with Crippen molar-refractivity contribution in [1.82, 2.24) is 15.6 Å². The van der Waals surface area contributed by atoms with E-state index in [2.05, 4.69) is 26.7 Å². The number of halogens is 1. The highest BCUT2D eigenvalue weighted by atomic mass is 127. The Hall–Kier alpha value is -2.03. The van der Waals surface area contributed by atoms with Crippen molar-refractivity contribution in [3.8, 4) is 11.5 Å². The number of aromatic nitrogens is 1.